The van der Waals surface area contributed by atoms with E-state index in [1.54, 1.807) is 0 Å². The average molecular weight is 494 g/mol. The van der Waals surface area contributed by atoms with Crippen LogP contribution in [0.4, 0.5) is 5.69 Å². The molecule has 0 saturated carbocycles. The first-order chi connectivity index (χ1) is 17.4. The van der Waals surface area contributed by atoms with Gasteiger partial charge in [-0.3, -0.25) is 14.4 Å². The lowest BCUT2D eigenvalue weighted by Crippen LogP contribution is -2.51. The van der Waals surface area contributed by atoms with E-state index in [1.807, 2.05) is 48.5 Å². The average Bonchev–Trinajstić information content (AvgIpc) is 3.53. The maximum Gasteiger partial charge on any atom is 0.247 e. The van der Waals surface area contributed by atoms with Crippen LogP contribution in [0.15, 0.2) is 48.5 Å². The largest absolute Gasteiger partial charge is 0.394 e. The molecule has 0 bridgehead atoms. The summed E-state index contributed by atoms with van der Waals surface area (Å²) in [6, 6.07) is 12.6. The highest BCUT2D eigenvalue weighted by molar-refractivity contribution is 5.98. The molecule has 0 radical (unpaired) electrons. The van der Waals surface area contributed by atoms with Crippen LogP contribution in [-0.4, -0.2) is 65.0 Å². The third-order valence-electron chi connectivity index (χ3n) is 7.04. The van der Waals surface area contributed by atoms with E-state index in [0.29, 0.717) is 18.5 Å². The number of rotatable bonds is 9. The molecule has 9 heteroatoms. The van der Waals surface area contributed by atoms with Crippen molar-refractivity contribution in [2.75, 3.05) is 18.5 Å². The molecule has 7 N–H and O–H groups in total. The van der Waals surface area contributed by atoms with Gasteiger partial charge < -0.3 is 32.1 Å². The van der Waals surface area contributed by atoms with Crippen molar-refractivity contribution in [3.63, 3.8) is 0 Å². The lowest BCUT2D eigenvalue weighted by molar-refractivity contribution is -0.137. The molecule has 36 heavy (non-hydrogen) atoms. The van der Waals surface area contributed by atoms with E-state index >= 15 is 0 Å². The van der Waals surface area contributed by atoms with Gasteiger partial charge in [0.2, 0.25) is 17.7 Å². The van der Waals surface area contributed by atoms with Crippen LogP contribution in [0.3, 0.4) is 0 Å². The summed E-state index contributed by atoms with van der Waals surface area (Å²) in [4.78, 5) is 40.4. The highest BCUT2D eigenvalue weighted by Gasteiger charge is 2.41. The Morgan fingerprint density at radius 1 is 1.03 bits per heavy atom. The molecule has 4 atom stereocenters. The molecule has 2 aromatic carbocycles. The van der Waals surface area contributed by atoms with Crippen LogP contribution in [0.25, 0.3) is 0 Å². The predicted octanol–water partition coefficient (Wildman–Crippen LogP) is 0.479. The number of carbonyl (C=O) groups excluding carboxylic acids is 3. The molecule has 2 aliphatic rings. The van der Waals surface area contributed by atoms with Gasteiger partial charge in [-0.15, -0.1) is 0 Å². The lowest BCUT2D eigenvalue weighted by Gasteiger charge is -2.26. The minimum Gasteiger partial charge on any atom is -0.394 e. The first-order valence-electron chi connectivity index (χ1n) is 12.5. The predicted molar refractivity (Wildman–Crippen MR) is 137 cm³/mol. The van der Waals surface area contributed by atoms with Gasteiger partial charge in [-0.1, -0.05) is 36.4 Å². The van der Waals surface area contributed by atoms with Crippen molar-refractivity contribution < 1.29 is 19.5 Å². The van der Waals surface area contributed by atoms with Crippen molar-refractivity contribution in [1.82, 2.24) is 10.2 Å². The molecule has 9 nitrogen and oxygen atoms in total. The number of hydrogen-bond donors (Lipinski definition) is 5. The lowest BCUT2D eigenvalue weighted by atomic mass is 10.0. The number of nitrogens with one attached hydrogen (secondary N) is 2. The Morgan fingerprint density at radius 2 is 1.78 bits per heavy atom. The van der Waals surface area contributed by atoms with E-state index in [0.717, 1.165) is 24.8 Å². The normalized spacial score (nSPS) is 20.5. The minimum atomic E-state index is -1.07. The molecule has 1 aliphatic carbocycles. The molecule has 1 saturated heterocycles. The molecule has 0 spiro atoms. The molecule has 1 fully saturated rings. The fourth-order valence-electron chi connectivity index (χ4n) is 5.00. The molecule has 0 unspecified atom stereocenters. The highest BCUT2D eigenvalue weighted by atomic mass is 16.3. The summed E-state index contributed by atoms with van der Waals surface area (Å²) < 4.78 is 0. The van der Waals surface area contributed by atoms with Crippen LogP contribution in [0.2, 0.25) is 0 Å². The van der Waals surface area contributed by atoms with Gasteiger partial charge in [0.15, 0.2) is 0 Å². The molecule has 1 aliphatic heterocycles. The van der Waals surface area contributed by atoms with Gasteiger partial charge in [0.05, 0.1) is 12.6 Å². The Bertz CT molecular complexity index is 1090. The van der Waals surface area contributed by atoms with Crippen LogP contribution < -0.4 is 22.1 Å². The summed E-state index contributed by atoms with van der Waals surface area (Å²) >= 11 is 0. The first kappa shape index (κ1) is 25.8. The second-order valence-corrected chi connectivity index (χ2v) is 9.69. The molecule has 192 valence electrons. The fourth-order valence-corrected chi connectivity index (χ4v) is 5.00. The number of benzene rings is 2. The van der Waals surface area contributed by atoms with Gasteiger partial charge in [0, 0.05) is 18.3 Å². The fraction of sp³-hybridized carbons (Fsp3) is 0.444. The summed E-state index contributed by atoms with van der Waals surface area (Å²) in [5.41, 5.74) is 16.2. The second kappa shape index (κ2) is 11.6. The smallest absolute Gasteiger partial charge is 0.247 e. The van der Waals surface area contributed by atoms with Crippen LogP contribution in [-0.2, 0) is 33.6 Å². The van der Waals surface area contributed by atoms with E-state index in [4.69, 9.17) is 11.5 Å². The zero-order valence-corrected chi connectivity index (χ0v) is 20.4. The molecular weight excluding hydrogens is 458 g/mol. The zero-order valence-electron chi connectivity index (χ0n) is 20.4. The van der Waals surface area contributed by atoms with E-state index in [1.165, 1.54) is 16.0 Å². The molecule has 3 amide bonds. The molecular formula is C27H35N5O4. The highest BCUT2D eigenvalue weighted by Crippen LogP contribution is 2.26. The number of nitrogens with two attached hydrogens (primary N) is 2. The topological polar surface area (TPSA) is 151 Å². The van der Waals surface area contributed by atoms with Crippen LogP contribution in [0.5, 0.6) is 0 Å². The Labute approximate surface area is 211 Å². The minimum absolute atomic E-state index is 0.143. The number of nitrogens with zero attached hydrogens (tertiary/aromatic N) is 1. The number of carbonyl (C=O) groups is 3. The van der Waals surface area contributed by atoms with Crippen LogP contribution in [0, 0.1) is 0 Å². The Balaban J connectivity index is 1.46. The quantitative estimate of drug-likeness (QED) is 0.343. The third kappa shape index (κ3) is 6.10. The maximum atomic E-state index is 13.4. The van der Waals surface area contributed by atoms with Gasteiger partial charge in [-0.25, -0.2) is 0 Å². The molecule has 4 rings (SSSR count). The number of aliphatic hydroxyl groups is 1. The van der Waals surface area contributed by atoms with Gasteiger partial charge in [-0.2, -0.15) is 0 Å². The summed E-state index contributed by atoms with van der Waals surface area (Å²) in [5.74, 6) is -1.18. The summed E-state index contributed by atoms with van der Waals surface area (Å²) in [7, 11) is 0. The third-order valence-corrected chi connectivity index (χ3v) is 7.04. The number of amides is 3. The van der Waals surface area contributed by atoms with Crippen molar-refractivity contribution >= 4 is 23.4 Å². The standard InChI is InChI=1S/C27H35N5O4/c28-22(12-9-17-5-2-1-3-6-17)27(36)32-15-21(31-25(34)23(29)16-33)14-24(32)26(35)30-20-11-10-18-7-4-8-19(18)13-20/h1-3,5-6,10-11,13,21-24,33H,4,7-9,12,14-16,28-29H2,(H,30,35)(H,31,34)/t21-,22+,23-,24+/m1/s1. The van der Waals surface area contributed by atoms with E-state index < -0.39 is 36.7 Å². The van der Waals surface area contributed by atoms with Crippen molar-refractivity contribution in [3.8, 4) is 0 Å². The summed E-state index contributed by atoms with van der Waals surface area (Å²) in [6.45, 7) is -0.349. The Hall–Kier alpha value is -3.27. The molecule has 2 aromatic rings. The van der Waals surface area contributed by atoms with Crippen molar-refractivity contribution in [1.29, 1.82) is 0 Å². The van der Waals surface area contributed by atoms with Crippen LogP contribution >= 0.6 is 0 Å². The number of likely N-dealkylation sites (tertiary alicyclic amines) is 1. The SMILES string of the molecule is N[C@H](CO)C(=O)N[C@@H]1C[C@@H](C(=O)Nc2ccc3c(c2)CCC3)N(C(=O)[C@@H](N)CCc2ccccc2)C1. The Morgan fingerprint density at radius 3 is 2.53 bits per heavy atom. The van der Waals surface area contributed by atoms with Crippen molar-refractivity contribution in [2.24, 2.45) is 11.5 Å². The number of aliphatic hydroxyl groups excluding tert-OH is 1. The van der Waals surface area contributed by atoms with Crippen molar-refractivity contribution in [2.45, 2.75) is 62.7 Å². The zero-order chi connectivity index (χ0) is 25.7. The van der Waals surface area contributed by atoms with Crippen molar-refractivity contribution in [3.05, 3.63) is 65.2 Å². The van der Waals surface area contributed by atoms with Gasteiger partial charge in [0.1, 0.15) is 12.1 Å². The van der Waals surface area contributed by atoms with Gasteiger partial charge >= 0.3 is 0 Å². The first-order valence-corrected chi connectivity index (χ1v) is 12.5. The monoisotopic (exact) mass is 493 g/mol. The van der Waals surface area contributed by atoms with E-state index in [-0.39, 0.29) is 24.8 Å². The van der Waals surface area contributed by atoms with Crippen LogP contribution in [0.1, 0.15) is 36.0 Å². The number of hydrogen-bond acceptors (Lipinski definition) is 6. The second-order valence-electron chi connectivity index (χ2n) is 9.69. The van der Waals surface area contributed by atoms with Gasteiger partial charge in [0.25, 0.3) is 0 Å². The number of aryl methyl sites for hydroxylation is 3. The maximum absolute atomic E-state index is 13.4. The van der Waals surface area contributed by atoms with E-state index in [2.05, 4.69) is 10.6 Å². The molecule has 0 aromatic heterocycles. The number of anilines is 1. The summed E-state index contributed by atoms with van der Waals surface area (Å²) in [6.07, 6.45) is 4.45. The van der Waals surface area contributed by atoms with E-state index in [9.17, 15) is 19.5 Å². The number of fused-ring (bicyclic) bond motifs is 1. The Kier molecular flexibility index (Phi) is 8.35. The van der Waals surface area contributed by atoms with Gasteiger partial charge in [-0.05, 0) is 67.3 Å². The molecule has 1 heterocycles. The summed E-state index contributed by atoms with van der Waals surface area (Å²) in [5, 5.41) is 14.9.